The molecule has 2 rings (SSSR count). The van der Waals surface area contributed by atoms with Crippen LogP contribution < -0.4 is 4.74 Å². The van der Waals surface area contributed by atoms with Gasteiger partial charge in [0, 0.05) is 24.4 Å². The summed E-state index contributed by atoms with van der Waals surface area (Å²) in [7, 11) is 3.45. The minimum Gasteiger partial charge on any atom is -0.496 e. The number of rotatable bonds is 5. The monoisotopic (exact) mass is 333 g/mol. The zero-order chi connectivity index (χ0) is 17.1. The van der Waals surface area contributed by atoms with Crippen molar-refractivity contribution in [1.82, 2.24) is 14.9 Å². The molecule has 6 heteroatoms. The van der Waals surface area contributed by atoms with Gasteiger partial charge in [0.15, 0.2) is 0 Å². The first-order valence-corrected chi connectivity index (χ1v) is 8.41. The van der Waals surface area contributed by atoms with Crippen molar-refractivity contribution in [2.24, 2.45) is 0 Å². The summed E-state index contributed by atoms with van der Waals surface area (Å²) in [5.41, 5.74) is 3.62. The Kier molecular flexibility index (Phi) is 5.36. The van der Waals surface area contributed by atoms with E-state index >= 15 is 0 Å². The van der Waals surface area contributed by atoms with E-state index in [-0.39, 0.29) is 5.91 Å². The van der Waals surface area contributed by atoms with Crippen molar-refractivity contribution in [3.8, 4) is 5.75 Å². The Morgan fingerprint density at radius 3 is 2.61 bits per heavy atom. The van der Waals surface area contributed by atoms with Gasteiger partial charge >= 0.3 is 0 Å². The molecule has 0 saturated carbocycles. The molecule has 0 atom stereocenters. The van der Waals surface area contributed by atoms with Gasteiger partial charge in [-0.15, -0.1) is 11.3 Å². The number of hydrogen-bond acceptors (Lipinski definition) is 5. The Morgan fingerprint density at radius 1 is 1.35 bits per heavy atom. The highest BCUT2D eigenvalue weighted by Gasteiger charge is 2.20. The molecule has 0 aliphatic carbocycles. The van der Waals surface area contributed by atoms with E-state index in [0.29, 0.717) is 11.4 Å². The zero-order valence-electron chi connectivity index (χ0n) is 14.6. The molecule has 23 heavy (non-hydrogen) atoms. The van der Waals surface area contributed by atoms with Crippen LogP contribution in [0.15, 0.2) is 6.20 Å². The van der Waals surface area contributed by atoms with E-state index in [1.165, 1.54) is 11.3 Å². The van der Waals surface area contributed by atoms with Gasteiger partial charge in [-0.3, -0.25) is 9.78 Å². The van der Waals surface area contributed by atoms with Gasteiger partial charge in [-0.2, -0.15) is 0 Å². The van der Waals surface area contributed by atoms with Gasteiger partial charge in [0.25, 0.3) is 5.91 Å². The Labute approximate surface area is 141 Å². The van der Waals surface area contributed by atoms with E-state index in [1.807, 2.05) is 27.7 Å². The number of methoxy groups -OCH3 is 1. The third kappa shape index (κ3) is 3.52. The highest BCUT2D eigenvalue weighted by Crippen LogP contribution is 2.26. The summed E-state index contributed by atoms with van der Waals surface area (Å²) in [4.78, 5) is 24.0. The van der Waals surface area contributed by atoms with Crippen LogP contribution in [0.3, 0.4) is 0 Å². The van der Waals surface area contributed by atoms with Crippen LogP contribution in [0.5, 0.6) is 5.75 Å². The minimum absolute atomic E-state index is 0.0135. The predicted molar refractivity (Wildman–Crippen MR) is 92.3 cm³/mol. The molecular formula is C17H23N3O2S. The molecule has 124 valence electrons. The molecule has 0 spiro atoms. The molecule has 2 aromatic rings. The fourth-order valence-corrected chi connectivity index (χ4v) is 3.50. The van der Waals surface area contributed by atoms with Crippen LogP contribution in [-0.4, -0.2) is 34.9 Å². The Bertz CT molecular complexity index is 725. The third-order valence-electron chi connectivity index (χ3n) is 3.82. The molecule has 0 N–H and O–H groups in total. The molecule has 0 radical (unpaired) electrons. The standard InChI is InChI=1S/C17H23N3O2S/c1-7-14-19-12(4)16(23-14)17(21)20(5)9-13-11(3)15(22-6)10(2)8-18-13/h8H,7,9H2,1-6H3. The Morgan fingerprint density at radius 2 is 2.04 bits per heavy atom. The second-order valence-electron chi connectivity index (χ2n) is 5.58. The first kappa shape index (κ1) is 17.4. The zero-order valence-corrected chi connectivity index (χ0v) is 15.4. The largest absolute Gasteiger partial charge is 0.496 e. The number of nitrogens with zero attached hydrogens (tertiary/aromatic N) is 3. The minimum atomic E-state index is -0.0135. The van der Waals surface area contributed by atoms with Crippen LogP contribution in [0.2, 0.25) is 0 Å². The average Bonchev–Trinajstić information content (AvgIpc) is 2.91. The lowest BCUT2D eigenvalue weighted by atomic mass is 10.1. The molecule has 0 fully saturated rings. The van der Waals surface area contributed by atoms with Gasteiger partial charge in [-0.25, -0.2) is 4.98 Å². The SMILES string of the molecule is CCc1nc(C)c(C(=O)N(C)Cc2ncc(C)c(OC)c2C)s1. The van der Waals surface area contributed by atoms with Gasteiger partial charge in [-0.05, 0) is 27.2 Å². The van der Waals surface area contributed by atoms with Crippen molar-refractivity contribution in [2.75, 3.05) is 14.2 Å². The van der Waals surface area contributed by atoms with E-state index < -0.39 is 0 Å². The van der Waals surface area contributed by atoms with Crippen molar-refractivity contribution in [3.05, 3.63) is 38.6 Å². The van der Waals surface area contributed by atoms with E-state index in [2.05, 4.69) is 9.97 Å². The number of carbonyl (C=O) groups excluding carboxylic acids is 1. The molecule has 5 nitrogen and oxygen atoms in total. The summed E-state index contributed by atoms with van der Waals surface area (Å²) in [6.07, 6.45) is 2.63. The maximum absolute atomic E-state index is 12.7. The topological polar surface area (TPSA) is 55.3 Å². The molecular weight excluding hydrogens is 310 g/mol. The smallest absolute Gasteiger partial charge is 0.265 e. The van der Waals surface area contributed by atoms with Crippen LogP contribution in [0, 0.1) is 20.8 Å². The van der Waals surface area contributed by atoms with Gasteiger partial charge in [0.05, 0.1) is 30.1 Å². The number of aromatic nitrogens is 2. The number of carbonyl (C=O) groups is 1. The lowest BCUT2D eigenvalue weighted by Crippen LogP contribution is -2.27. The number of ether oxygens (including phenoxy) is 1. The van der Waals surface area contributed by atoms with Gasteiger partial charge < -0.3 is 9.64 Å². The van der Waals surface area contributed by atoms with E-state index in [1.54, 1.807) is 25.3 Å². The van der Waals surface area contributed by atoms with Gasteiger partial charge in [-0.1, -0.05) is 6.92 Å². The van der Waals surface area contributed by atoms with Crippen LogP contribution in [0.25, 0.3) is 0 Å². The van der Waals surface area contributed by atoms with Crippen LogP contribution in [0.4, 0.5) is 0 Å². The van der Waals surface area contributed by atoms with Crippen LogP contribution in [-0.2, 0) is 13.0 Å². The summed E-state index contributed by atoms with van der Waals surface area (Å²) in [5, 5.41) is 0.991. The number of pyridine rings is 1. The molecule has 0 aromatic carbocycles. The molecule has 2 aromatic heterocycles. The molecule has 0 aliphatic heterocycles. The fourth-order valence-electron chi connectivity index (χ4n) is 2.50. The summed E-state index contributed by atoms with van der Waals surface area (Å²) in [6, 6.07) is 0. The number of amides is 1. The van der Waals surface area contributed by atoms with E-state index in [9.17, 15) is 4.79 Å². The second kappa shape index (κ2) is 7.08. The Hall–Kier alpha value is -1.95. The highest BCUT2D eigenvalue weighted by atomic mass is 32.1. The molecule has 2 heterocycles. The van der Waals surface area contributed by atoms with E-state index in [0.717, 1.165) is 39.7 Å². The lowest BCUT2D eigenvalue weighted by molar-refractivity contribution is 0.0787. The Balaban J connectivity index is 2.23. The van der Waals surface area contributed by atoms with Gasteiger partial charge in [0.1, 0.15) is 10.6 Å². The predicted octanol–water partition coefficient (Wildman–Crippen LogP) is 3.31. The molecule has 0 unspecified atom stereocenters. The highest BCUT2D eigenvalue weighted by molar-refractivity contribution is 7.13. The van der Waals surface area contributed by atoms with Gasteiger partial charge in [0.2, 0.25) is 0 Å². The number of thiazole rings is 1. The first-order chi connectivity index (χ1) is 10.9. The summed E-state index contributed by atoms with van der Waals surface area (Å²) in [6.45, 7) is 8.31. The number of aryl methyl sites for hydroxylation is 3. The lowest BCUT2D eigenvalue weighted by Gasteiger charge is -2.19. The summed E-state index contributed by atoms with van der Waals surface area (Å²) < 4.78 is 5.43. The molecule has 1 amide bonds. The second-order valence-corrected chi connectivity index (χ2v) is 6.67. The maximum Gasteiger partial charge on any atom is 0.265 e. The van der Waals surface area contributed by atoms with Crippen LogP contribution >= 0.6 is 11.3 Å². The van der Waals surface area contributed by atoms with Crippen molar-refractivity contribution < 1.29 is 9.53 Å². The van der Waals surface area contributed by atoms with Crippen molar-refractivity contribution in [1.29, 1.82) is 0 Å². The summed E-state index contributed by atoms with van der Waals surface area (Å²) in [5.74, 6) is 0.818. The quantitative estimate of drug-likeness (QED) is 0.842. The normalized spacial score (nSPS) is 10.7. The number of hydrogen-bond donors (Lipinski definition) is 0. The molecule has 0 saturated heterocycles. The third-order valence-corrected chi connectivity index (χ3v) is 5.11. The van der Waals surface area contributed by atoms with Crippen LogP contribution in [0.1, 0.15) is 44.1 Å². The van der Waals surface area contributed by atoms with Crippen molar-refractivity contribution >= 4 is 17.2 Å². The molecule has 0 bridgehead atoms. The average molecular weight is 333 g/mol. The summed E-state index contributed by atoms with van der Waals surface area (Å²) >= 11 is 1.47. The molecule has 0 aliphatic rings. The first-order valence-electron chi connectivity index (χ1n) is 7.59. The fraction of sp³-hybridized carbons (Fsp3) is 0.471. The van der Waals surface area contributed by atoms with E-state index in [4.69, 9.17) is 4.74 Å². The van der Waals surface area contributed by atoms with Crippen molar-refractivity contribution in [2.45, 2.75) is 40.7 Å². The van der Waals surface area contributed by atoms with Crippen molar-refractivity contribution in [3.63, 3.8) is 0 Å². The maximum atomic E-state index is 12.7.